The van der Waals surface area contributed by atoms with E-state index in [1.54, 1.807) is 33.7 Å². The van der Waals surface area contributed by atoms with Gasteiger partial charge in [-0.15, -0.1) is 22.7 Å². The fourth-order valence-corrected chi connectivity index (χ4v) is 6.38. The highest BCUT2D eigenvalue weighted by atomic mass is 32.1. The van der Waals surface area contributed by atoms with Crippen LogP contribution in [-0.4, -0.2) is 78.3 Å². The molecule has 0 spiro atoms. The number of rotatable bonds is 8. The van der Waals surface area contributed by atoms with E-state index in [1.165, 1.54) is 23.1 Å². The fraction of sp³-hybridized carbons (Fsp3) is 0.370. The van der Waals surface area contributed by atoms with E-state index in [4.69, 9.17) is 9.84 Å². The van der Waals surface area contributed by atoms with Crippen molar-refractivity contribution in [2.24, 2.45) is 5.10 Å². The van der Waals surface area contributed by atoms with Gasteiger partial charge in [0.1, 0.15) is 12.4 Å². The molecule has 2 aliphatic heterocycles. The van der Waals surface area contributed by atoms with Crippen LogP contribution < -0.4 is 0 Å². The monoisotopic (exact) mass is 540 g/mol. The van der Waals surface area contributed by atoms with Crippen LogP contribution >= 0.6 is 22.7 Å². The molecule has 1 saturated heterocycles. The van der Waals surface area contributed by atoms with Crippen LogP contribution in [0.3, 0.4) is 0 Å². The minimum atomic E-state index is -0.483. The lowest BCUT2D eigenvalue weighted by atomic mass is 10.1. The molecule has 0 bridgehead atoms. The van der Waals surface area contributed by atoms with Crippen LogP contribution in [0.5, 0.6) is 0 Å². The van der Waals surface area contributed by atoms with Crippen molar-refractivity contribution in [3.8, 4) is 0 Å². The lowest BCUT2D eigenvalue weighted by Gasteiger charge is -2.31. The molecule has 1 fully saturated rings. The van der Waals surface area contributed by atoms with Gasteiger partial charge in [0.2, 0.25) is 0 Å². The largest absolute Gasteiger partial charge is 0.379 e. The smallest absolute Gasteiger partial charge is 0.262 e. The van der Waals surface area contributed by atoms with Crippen molar-refractivity contribution in [1.29, 1.82) is 0 Å². The molecule has 5 rings (SSSR count). The molecule has 0 saturated carbocycles. The van der Waals surface area contributed by atoms with E-state index in [-0.39, 0.29) is 30.0 Å². The summed E-state index contributed by atoms with van der Waals surface area (Å²) in [5.41, 5.74) is 2.22. The summed E-state index contributed by atoms with van der Waals surface area (Å²) in [5.74, 6) is -1.11. The number of carbonyl (C=O) groups is 2. The van der Waals surface area contributed by atoms with Crippen LogP contribution in [0, 0.1) is 12.7 Å². The Bertz CT molecular complexity index is 1270. The molecule has 10 heteroatoms. The second kappa shape index (κ2) is 11.6. The third kappa shape index (κ3) is 5.98. The Kier molecular flexibility index (Phi) is 8.09. The molecule has 4 heterocycles. The van der Waals surface area contributed by atoms with Crippen LogP contribution in [0.2, 0.25) is 0 Å². The Labute approximate surface area is 223 Å². The highest BCUT2D eigenvalue weighted by Crippen LogP contribution is 2.38. The summed E-state index contributed by atoms with van der Waals surface area (Å²) in [6.07, 6.45) is 0.624. The SMILES string of the molecule is Cc1ccsc1C1CC(c2cccs2)=NN1C(=O)CN(CCN1CCOCC1)C(=O)c1cccc(F)c1. The molecule has 0 radical (unpaired) electrons. The van der Waals surface area contributed by atoms with E-state index in [0.29, 0.717) is 32.7 Å². The highest BCUT2D eigenvalue weighted by Gasteiger charge is 2.36. The van der Waals surface area contributed by atoms with Gasteiger partial charge in [0.15, 0.2) is 0 Å². The first-order valence-electron chi connectivity index (χ1n) is 12.3. The average Bonchev–Trinajstić information content (AvgIpc) is 3.67. The zero-order valence-electron chi connectivity index (χ0n) is 20.6. The van der Waals surface area contributed by atoms with Crippen molar-refractivity contribution in [3.63, 3.8) is 0 Å². The Morgan fingerprint density at radius 2 is 1.97 bits per heavy atom. The van der Waals surface area contributed by atoms with Gasteiger partial charge >= 0.3 is 0 Å². The van der Waals surface area contributed by atoms with Crippen LogP contribution in [0.4, 0.5) is 4.39 Å². The quantitative estimate of drug-likeness (QED) is 0.425. The molecular formula is C27H29FN4O3S2. The molecule has 2 aromatic heterocycles. The predicted molar refractivity (Wildman–Crippen MR) is 144 cm³/mol. The van der Waals surface area contributed by atoms with Crippen molar-refractivity contribution < 1.29 is 18.7 Å². The molecular weight excluding hydrogens is 511 g/mol. The zero-order chi connectivity index (χ0) is 25.8. The first-order valence-corrected chi connectivity index (χ1v) is 14.1. The maximum atomic E-state index is 13.9. The predicted octanol–water partition coefficient (Wildman–Crippen LogP) is 4.41. The standard InChI is InChI=1S/C27H29FN4O3S2/c1-19-7-15-37-26(19)23-17-22(24-6-3-14-36-24)29-32(23)25(33)18-31(9-8-30-10-12-35-13-11-30)27(34)20-4-2-5-21(28)16-20/h2-7,14-16,23H,8-13,17-18H2,1H3. The van der Waals surface area contributed by atoms with Gasteiger partial charge in [0.25, 0.3) is 11.8 Å². The maximum absolute atomic E-state index is 13.9. The average molecular weight is 541 g/mol. The van der Waals surface area contributed by atoms with E-state index >= 15 is 0 Å². The second-order valence-electron chi connectivity index (χ2n) is 9.14. The third-order valence-corrected chi connectivity index (χ3v) is 8.69. The number of amides is 2. The van der Waals surface area contributed by atoms with Gasteiger partial charge in [-0.1, -0.05) is 12.1 Å². The van der Waals surface area contributed by atoms with E-state index < -0.39 is 5.82 Å². The van der Waals surface area contributed by atoms with Crippen molar-refractivity contribution in [1.82, 2.24) is 14.8 Å². The number of benzene rings is 1. The number of halogens is 1. The lowest BCUT2D eigenvalue weighted by molar-refractivity contribution is -0.133. The summed E-state index contributed by atoms with van der Waals surface area (Å²) in [4.78, 5) is 33.1. The summed E-state index contributed by atoms with van der Waals surface area (Å²) in [6, 6.07) is 11.4. The number of thiophene rings is 2. The third-order valence-electron chi connectivity index (χ3n) is 6.65. The fourth-order valence-electron chi connectivity index (χ4n) is 4.64. The molecule has 3 aromatic rings. The molecule has 2 aliphatic rings. The van der Waals surface area contributed by atoms with Gasteiger partial charge < -0.3 is 9.64 Å². The first kappa shape index (κ1) is 25.7. The molecule has 194 valence electrons. The Morgan fingerprint density at radius 1 is 1.14 bits per heavy atom. The van der Waals surface area contributed by atoms with Crippen LogP contribution in [0.25, 0.3) is 0 Å². The van der Waals surface area contributed by atoms with E-state index in [0.717, 1.165) is 34.1 Å². The zero-order valence-corrected chi connectivity index (χ0v) is 22.3. The number of morpholine rings is 1. The van der Waals surface area contributed by atoms with Crippen molar-refractivity contribution in [3.05, 3.63) is 79.9 Å². The van der Waals surface area contributed by atoms with Gasteiger partial charge in [-0.25, -0.2) is 9.40 Å². The summed E-state index contributed by atoms with van der Waals surface area (Å²) in [7, 11) is 0. The van der Waals surface area contributed by atoms with Gasteiger partial charge in [-0.3, -0.25) is 14.5 Å². The molecule has 2 amide bonds. The number of hydrogen-bond donors (Lipinski definition) is 0. The number of hydrogen-bond acceptors (Lipinski definition) is 7. The Hall–Kier alpha value is -2.92. The Morgan fingerprint density at radius 3 is 2.68 bits per heavy atom. The minimum absolute atomic E-state index is 0.137. The summed E-state index contributed by atoms with van der Waals surface area (Å²) in [6.45, 7) is 5.70. The van der Waals surface area contributed by atoms with Gasteiger partial charge in [-0.05, 0) is 53.6 Å². The molecule has 1 atom stereocenters. The van der Waals surface area contributed by atoms with Crippen molar-refractivity contribution >= 4 is 40.2 Å². The van der Waals surface area contributed by atoms with E-state index in [9.17, 15) is 14.0 Å². The molecule has 7 nitrogen and oxygen atoms in total. The molecule has 1 unspecified atom stereocenters. The van der Waals surface area contributed by atoms with Crippen LogP contribution in [-0.2, 0) is 9.53 Å². The normalized spacial score (nSPS) is 18.2. The number of ether oxygens (including phenoxy) is 1. The van der Waals surface area contributed by atoms with Crippen LogP contribution in [0.15, 0.2) is 58.3 Å². The van der Waals surface area contributed by atoms with Crippen LogP contribution in [0.1, 0.15) is 38.1 Å². The van der Waals surface area contributed by atoms with E-state index in [2.05, 4.69) is 4.90 Å². The minimum Gasteiger partial charge on any atom is -0.379 e. The number of carbonyl (C=O) groups excluding carboxylic acids is 2. The van der Waals surface area contributed by atoms with Gasteiger partial charge in [0.05, 0.1) is 29.8 Å². The summed E-state index contributed by atoms with van der Waals surface area (Å²) >= 11 is 3.21. The molecule has 0 aliphatic carbocycles. The summed E-state index contributed by atoms with van der Waals surface area (Å²) < 4.78 is 19.3. The van der Waals surface area contributed by atoms with Crippen molar-refractivity contribution in [2.45, 2.75) is 19.4 Å². The van der Waals surface area contributed by atoms with Gasteiger partial charge in [-0.2, -0.15) is 5.10 Å². The maximum Gasteiger partial charge on any atom is 0.262 e. The number of hydrazone groups is 1. The van der Waals surface area contributed by atoms with Crippen molar-refractivity contribution in [2.75, 3.05) is 45.9 Å². The van der Waals surface area contributed by atoms with Gasteiger partial charge in [0, 0.05) is 43.0 Å². The number of nitrogens with zero attached hydrogens (tertiary/aromatic N) is 4. The summed E-state index contributed by atoms with van der Waals surface area (Å²) in [5, 5.41) is 10.3. The number of aryl methyl sites for hydroxylation is 1. The molecule has 37 heavy (non-hydrogen) atoms. The van der Waals surface area contributed by atoms with E-state index in [1.807, 2.05) is 35.9 Å². The molecule has 1 aromatic carbocycles. The Balaban J connectivity index is 1.39. The lowest BCUT2D eigenvalue weighted by Crippen LogP contribution is -2.46. The first-order chi connectivity index (χ1) is 18.0. The molecule has 0 N–H and O–H groups in total. The second-order valence-corrected chi connectivity index (χ2v) is 11.0. The topological polar surface area (TPSA) is 65.5 Å². The highest BCUT2D eigenvalue weighted by molar-refractivity contribution is 7.12.